The molecule has 0 heterocycles. The van der Waals surface area contributed by atoms with Gasteiger partial charge in [-0.05, 0) is 67.9 Å². The SMILES string of the molecule is CCO[Si](CCCc1ccc2c(c1)Cc1ccccc1-2)(OCC)OCC. The molecule has 3 rings (SSSR count). The smallest absolute Gasteiger partial charge is 0.374 e. The molecule has 0 radical (unpaired) electrons. The summed E-state index contributed by atoms with van der Waals surface area (Å²) in [4.78, 5) is 0. The van der Waals surface area contributed by atoms with Crippen LogP contribution in [-0.2, 0) is 26.1 Å². The highest BCUT2D eigenvalue weighted by molar-refractivity contribution is 6.60. The Balaban J connectivity index is 1.64. The maximum absolute atomic E-state index is 5.96. The monoisotopic (exact) mass is 370 g/mol. The van der Waals surface area contributed by atoms with Crippen molar-refractivity contribution in [3.8, 4) is 11.1 Å². The molecule has 0 aliphatic heterocycles. The van der Waals surface area contributed by atoms with Crippen LogP contribution in [0.25, 0.3) is 11.1 Å². The van der Waals surface area contributed by atoms with Crippen molar-refractivity contribution in [3.05, 3.63) is 59.2 Å². The average molecular weight is 371 g/mol. The highest BCUT2D eigenvalue weighted by atomic mass is 28.4. The van der Waals surface area contributed by atoms with E-state index < -0.39 is 8.80 Å². The van der Waals surface area contributed by atoms with E-state index in [1.807, 2.05) is 20.8 Å². The fraction of sp³-hybridized carbons (Fsp3) is 0.455. The minimum atomic E-state index is -2.52. The standard InChI is InChI=1S/C22H30O3Si/c1-4-23-26(24-5-2,25-6-3)15-9-10-18-13-14-22-20(16-18)17-19-11-7-8-12-21(19)22/h7-8,11-14,16H,4-6,9-10,15,17H2,1-3H3. The van der Waals surface area contributed by atoms with Crippen LogP contribution < -0.4 is 0 Å². The van der Waals surface area contributed by atoms with E-state index in [0.29, 0.717) is 19.8 Å². The molecule has 0 fully saturated rings. The second kappa shape index (κ2) is 8.96. The van der Waals surface area contributed by atoms with Crippen LogP contribution in [0, 0.1) is 0 Å². The largest absolute Gasteiger partial charge is 0.500 e. The average Bonchev–Trinajstić information content (AvgIpc) is 3.00. The molecule has 0 saturated carbocycles. The summed E-state index contributed by atoms with van der Waals surface area (Å²) in [6, 6.07) is 16.5. The molecule has 0 saturated heterocycles. The first-order valence-electron chi connectivity index (χ1n) is 9.83. The van der Waals surface area contributed by atoms with Gasteiger partial charge in [0.25, 0.3) is 0 Å². The van der Waals surface area contributed by atoms with Crippen molar-refractivity contribution in [1.82, 2.24) is 0 Å². The lowest BCUT2D eigenvalue weighted by molar-refractivity contribution is 0.0708. The molecule has 140 valence electrons. The normalized spacial score (nSPS) is 12.9. The van der Waals surface area contributed by atoms with Gasteiger partial charge in [0.2, 0.25) is 0 Å². The Kier molecular flexibility index (Phi) is 6.65. The highest BCUT2D eigenvalue weighted by Gasteiger charge is 2.39. The lowest BCUT2D eigenvalue weighted by atomic mass is 10.0. The van der Waals surface area contributed by atoms with E-state index in [2.05, 4.69) is 42.5 Å². The Morgan fingerprint density at radius 2 is 1.46 bits per heavy atom. The van der Waals surface area contributed by atoms with E-state index >= 15 is 0 Å². The van der Waals surface area contributed by atoms with Crippen molar-refractivity contribution in [2.24, 2.45) is 0 Å². The van der Waals surface area contributed by atoms with E-state index in [-0.39, 0.29) is 0 Å². The maximum atomic E-state index is 5.96. The van der Waals surface area contributed by atoms with Gasteiger partial charge < -0.3 is 13.3 Å². The highest BCUT2D eigenvalue weighted by Crippen LogP contribution is 2.37. The predicted octanol–water partition coefficient (Wildman–Crippen LogP) is 5.24. The first-order valence-corrected chi connectivity index (χ1v) is 11.8. The van der Waals surface area contributed by atoms with E-state index in [0.717, 1.165) is 25.3 Å². The third-order valence-electron chi connectivity index (χ3n) is 4.90. The van der Waals surface area contributed by atoms with Gasteiger partial charge in [0, 0.05) is 25.9 Å². The van der Waals surface area contributed by atoms with E-state index in [1.54, 1.807) is 0 Å². The van der Waals surface area contributed by atoms with Crippen molar-refractivity contribution in [1.29, 1.82) is 0 Å². The number of fused-ring (bicyclic) bond motifs is 3. The molecule has 0 spiro atoms. The molecule has 2 aromatic rings. The molecule has 0 amide bonds. The Labute approximate surface area is 158 Å². The van der Waals surface area contributed by atoms with Crippen LogP contribution in [0.15, 0.2) is 42.5 Å². The number of benzene rings is 2. The van der Waals surface area contributed by atoms with Crippen LogP contribution in [0.3, 0.4) is 0 Å². The fourth-order valence-electron chi connectivity index (χ4n) is 3.86. The van der Waals surface area contributed by atoms with Gasteiger partial charge in [-0.25, -0.2) is 0 Å². The minimum absolute atomic E-state index is 0.642. The lowest BCUT2D eigenvalue weighted by Crippen LogP contribution is -2.46. The molecule has 0 bridgehead atoms. The molecule has 1 aliphatic carbocycles. The van der Waals surface area contributed by atoms with Crippen LogP contribution in [0.2, 0.25) is 6.04 Å². The van der Waals surface area contributed by atoms with Gasteiger partial charge >= 0.3 is 8.80 Å². The molecule has 0 unspecified atom stereocenters. The number of rotatable bonds is 10. The quantitative estimate of drug-likeness (QED) is 0.457. The molecule has 1 aliphatic rings. The Bertz CT molecular complexity index is 712. The summed E-state index contributed by atoms with van der Waals surface area (Å²) in [7, 11) is -2.52. The van der Waals surface area contributed by atoms with Crippen molar-refractivity contribution in [2.45, 2.75) is 46.1 Å². The molecule has 0 aromatic heterocycles. The van der Waals surface area contributed by atoms with Gasteiger partial charge in [-0.15, -0.1) is 0 Å². The summed E-state index contributed by atoms with van der Waals surface area (Å²) >= 11 is 0. The molecule has 3 nitrogen and oxygen atoms in total. The van der Waals surface area contributed by atoms with Crippen LogP contribution in [-0.4, -0.2) is 28.6 Å². The summed E-state index contributed by atoms with van der Waals surface area (Å²) in [5.41, 5.74) is 7.07. The zero-order valence-electron chi connectivity index (χ0n) is 16.2. The first-order chi connectivity index (χ1) is 12.7. The van der Waals surface area contributed by atoms with Gasteiger partial charge in [0.15, 0.2) is 0 Å². The summed E-state index contributed by atoms with van der Waals surface area (Å²) in [6.07, 6.45) is 3.11. The van der Waals surface area contributed by atoms with E-state index in [4.69, 9.17) is 13.3 Å². The summed E-state index contributed by atoms with van der Waals surface area (Å²) in [5, 5.41) is 0. The molecular weight excluding hydrogens is 340 g/mol. The summed E-state index contributed by atoms with van der Waals surface area (Å²) in [5.74, 6) is 0. The van der Waals surface area contributed by atoms with E-state index in [1.165, 1.54) is 27.8 Å². The van der Waals surface area contributed by atoms with Crippen LogP contribution in [0.5, 0.6) is 0 Å². The van der Waals surface area contributed by atoms with Crippen LogP contribution in [0.1, 0.15) is 43.9 Å². The fourth-order valence-corrected chi connectivity index (χ4v) is 6.48. The minimum Gasteiger partial charge on any atom is -0.374 e. The molecular formula is C22H30O3Si. The molecule has 0 atom stereocenters. The van der Waals surface area contributed by atoms with Gasteiger partial charge in [-0.3, -0.25) is 0 Å². The number of hydrogen-bond acceptors (Lipinski definition) is 3. The summed E-state index contributed by atoms with van der Waals surface area (Å²) in [6.45, 7) is 7.96. The van der Waals surface area contributed by atoms with Gasteiger partial charge in [0.05, 0.1) is 0 Å². The van der Waals surface area contributed by atoms with E-state index in [9.17, 15) is 0 Å². The molecule has 26 heavy (non-hydrogen) atoms. The van der Waals surface area contributed by atoms with Crippen LogP contribution >= 0.6 is 0 Å². The van der Waals surface area contributed by atoms with Gasteiger partial charge in [-0.2, -0.15) is 0 Å². The van der Waals surface area contributed by atoms with Gasteiger partial charge in [-0.1, -0.05) is 42.5 Å². The molecule has 4 heteroatoms. The Morgan fingerprint density at radius 1 is 0.808 bits per heavy atom. The zero-order chi connectivity index (χ0) is 18.4. The van der Waals surface area contributed by atoms with Crippen molar-refractivity contribution >= 4 is 8.80 Å². The van der Waals surface area contributed by atoms with Crippen molar-refractivity contribution in [3.63, 3.8) is 0 Å². The topological polar surface area (TPSA) is 27.7 Å². The maximum Gasteiger partial charge on any atom is 0.500 e. The summed E-state index contributed by atoms with van der Waals surface area (Å²) < 4.78 is 17.9. The van der Waals surface area contributed by atoms with Crippen LogP contribution in [0.4, 0.5) is 0 Å². The zero-order valence-corrected chi connectivity index (χ0v) is 17.2. The van der Waals surface area contributed by atoms with Crippen molar-refractivity contribution < 1.29 is 13.3 Å². The first kappa shape index (κ1) is 19.3. The molecule has 0 N–H and O–H groups in total. The van der Waals surface area contributed by atoms with Gasteiger partial charge in [0.1, 0.15) is 0 Å². The lowest BCUT2D eigenvalue weighted by Gasteiger charge is -2.28. The predicted molar refractivity (Wildman–Crippen MR) is 108 cm³/mol. The third-order valence-corrected chi connectivity index (χ3v) is 8.05. The number of hydrogen-bond donors (Lipinski definition) is 0. The second-order valence-corrected chi connectivity index (χ2v) is 9.39. The molecule has 2 aromatic carbocycles. The third kappa shape index (κ3) is 4.26. The second-order valence-electron chi connectivity index (χ2n) is 6.66. The van der Waals surface area contributed by atoms with Crippen molar-refractivity contribution in [2.75, 3.05) is 19.8 Å². The Morgan fingerprint density at radius 3 is 2.15 bits per heavy atom. The Hall–Kier alpha value is -1.46. The number of aryl methyl sites for hydroxylation is 1.